The lowest BCUT2D eigenvalue weighted by Gasteiger charge is -2.34. The van der Waals surface area contributed by atoms with E-state index in [1.807, 2.05) is 23.1 Å². The molecule has 0 radical (unpaired) electrons. The van der Waals surface area contributed by atoms with E-state index < -0.39 is 11.1 Å². The summed E-state index contributed by atoms with van der Waals surface area (Å²) in [5, 5.41) is 0. The maximum absolute atomic E-state index is 14.6. The minimum atomic E-state index is -1.08. The summed E-state index contributed by atoms with van der Waals surface area (Å²) in [7, 11) is 0. The fourth-order valence-corrected chi connectivity index (χ4v) is 5.46. The first-order valence-corrected chi connectivity index (χ1v) is 8.70. The zero-order valence-electron chi connectivity index (χ0n) is 13.5. The molecule has 4 bridgehead atoms. The largest absolute Gasteiger partial charge is 0.485 e. The summed E-state index contributed by atoms with van der Waals surface area (Å²) in [5.74, 6) is 1.07. The van der Waals surface area contributed by atoms with Gasteiger partial charge in [-0.15, -0.1) is 0 Å². The molecule has 1 saturated heterocycles. The van der Waals surface area contributed by atoms with Crippen LogP contribution in [0.3, 0.4) is 0 Å². The monoisotopic (exact) mass is 315 g/mol. The lowest BCUT2D eigenvalue weighted by molar-refractivity contribution is -0.143. The maximum Gasteiger partial charge on any atom is 0.229 e. The van der Waals surface area contributed by atoms with Gasteiger partial charge in [0.25, 0.3) is 0 Å². The summed E-state index contributed by atoms with van der Waals surface area (Å²) in [6.07, 6.45) is 3.81. The van der Waals surface area contributed by atoms with Crippen LogP contribution in [0.4, 0.5) is 4.39 Å². The van der Waals surface area contributed by atoms with E-state index in [1.54, 1.807) is 0 Å². The van der Waals surface area contributed by atoms with Gasteiger partial charge in [-0.05, 0) is 45.1 Å². The molecule has 4 aliphatic rings. The van der Waals surface area contributed by atoms with E-state index in [1.165, 1.54) is 0 Å². The lowest BCUT2D eigenvalue weighted by Crippen LogP contribution is -2.43. The Labute approximate surface area is 135 Å². The number of amides is 1. The lowest BCUT2D eigenvalue weighted by atomic mass is 9.82. The van der Waals surface area contributed by atoms with Gasteiger partial charge in [0.2, 0.25) is 5.91 Å². The normalized spacial score (nSPS) is 43.4. The molecule has 2 saturated carbocycles. The van der Waals surface area contributed by atoms with Crippen LogP contribution in [-0.4, -0.2) is 28.6 Å². The Kier molecular flexibility index (Phi) is 2.45. The molecule has 4 heteroatoms. The number of hydrogen-bond acceptors (Lipinski definition) is 2. The number of alkyl halides is 1. The molecule has 5 rings (SSSR count). The molecule has 0 spiro atoms. The average Bonchev–Trinajstić information content (AvgIpc) is 3.14. The Morgan fingerprint density at radius 2 is 2.00 bits per heavy atom. The van der Waals surface area contributed by atoms with Crippen molar-refractivity contribution >= 4 is 5.91 Å². The van der Waals surface area contributed by atoms with Gasteiger partial charge >= 0.3 is 0 Å². The summed E-state index contributed by atoms with van der Waals surface area (Å²) < 4.78 is 20.7. The predicted octanol–water partition coefficient (Wildman–Crippen LogP) is 3.78. The Morgan fingerprint density at radius 1 is 1.26 bits per heavy atom. The second kappa shape index (κ2) is 4.08. The molecule has 3 fully saturated rings. The van der Waals surface area contributed by atoms with Crippen molar-refractivity contribution in [2.24, 2.45) is 5.41 Å². The Bertz CT molecular complexity index is 694. The van der Waals surface area contributed by atoms with Crippen LogP contribution in [0.1, 0.15) is 57.1 Å². The van der Waals surface area contributed by atoms with Crippen LogP contribution in [0.5, 0.6) is 5.75 Å². The minimum absolute atomic E-state index is 0.0852. The molecule has 0 unspecified atom stereocenters. The van der Waals surface area contributed by atoms with Crippen LogP contribution in [-0.2, 0) is 4.79 Å². The summed E-state index contributed by atoms with van der Waals surface area (Å²) in [6, 6.07) is 8.11. The number of likely N-dealkylation sites (tertiary alicyclic amines) is 1. The molecule has 1 aromatic rings. The Balaban J connectivity index is 1.52. The fourth-order valence-electron chi connectivity index (χ4n) is 5.46. The van der Waals surface area contributed by atoms with Gasteiger partial charge in [-0.2, -0.15) is 0 Å². The number of nitrogens with zero attached hydrogens (tertiary/aromatic N) is 1. The summed E-state index contributed by atoms with van der Waals surface area (Å²) in [4.78, 5) is 15.4. The molecular formula is C19H22FNO2. The quantitative estimate of drug-likeness (QED) is 0.789. The fraction of sp³-hybridized carbons (Fsp3) is 0.632. The van der Waals surface area contributed by atoms with Crippen molar-refractivity contribution < 1.29 is 13.9 Å². The number of halogens is 1. The van der Waals surface area contributed by atoms with E-state index in [0.29, 0.717) is 38.6 Å². The van der Waals surface area contributed by atoms with Gasteiger partial charge in [0.05, 0.1) is 18.0 Å². The first-order chi connectivity index (χ1) is 10.9. The van der Waals surface area contributed by atoms with Crippen molar-refractivity contribution in [3.8, 4) is 5.75 Å². The van der Waals surface area contributed by atoms with E-state index in [9.17, 15) is 9.18 Å². The second-order valence-electron chi connectivity index (χ2n) is 8.35. The zero-order chi connectivity index (χ0) is 15.9. The van der Waals surface area contributed by atoms with Crippen molar-refractivity contribution in [3.63, 3.8) is 0 Å². The SMILES string of the molecule is C[C@@]12C[C@@H](c3ccccc3O1)N(C(=O)C13CCC(F)(CC1)C3)C2. The summed E-state index contributed by atoms with van der Waals surface area (Å²) in [6.45, 7) is 2.70. The third-order valence-electron chi connectivity index (χ3n) is 6.61. The van der Waals surface area contributed by atoms with Crippen molar-refractivity contribution in [1.82, 2.24) is 4.90 Å². The number of rotatable bonds is 1. The number of carbonyl (C=O) groups is 1. The minimum Gasteiger partial charge on any atom is -0.485 e. The van der Waals surface area contributed by atoms with Crippen LogP contribution in [0.2, 0.25) is 0 Å². The number of para-hydroxylation sites is 1. The van der Waals surface area contributed by atoms with Gasteiger partial charge < -0.3 is 9.64 Å². The van der Waals surface area contributed by atoms with Crippen LogP contribution in [0.15, 0.2) is 24.3 Å². The standard InChI is InChI=1S/C19H22FNO2/c1-17-10-14(13-4-2-3-5-15(13)23-17)21(12-17)16(22)18-6-8-19(20,11-18)9-7-18/h2-5,14H,6-12H2,1H3/t14-,17-,18?,19?/m0/s1. The molecule has 1 amide bonds. The van der Waals surface area contributed by atoms with Gasteiger partial charge in [-0.3, -0.25) is 4.79 Å². The molecule has 0 aromatic heterocycles. The van der Waals surface area contributed by atoms with Gasteiger partial charge in [-0.25, -0.2) is 4.39 Å². The van der Waals surface area contributed by atoms with Crippen LogP contribution >= 0.6 is 0 Å². The smallest absolute Gasteiger partial charge is 0.229 e. The highest BCUT2D eigenvalue weighted by Crippen LogP contribution is 2.60. The van der Waals surface area contributed by atoms with E-state index >= 15 is 0 Å². The van der Waals surface area contributed by atoms with Gasteiger partial charge in [0, 0.05) is 12.0 Å². The molecule has 1 aromatic carbocycles. The van der Waals surface area contributed by atoms with E-state index in [4.69, 9.17) is 4.74 Å². The van der Waals surface area contributed by atoms with Crippen LogP contribution < -0.4 is 4.74 Å². The maximum atomic E-state index is 14.6. The molecule has 2 aliphatic carbocycles. The molecule has 2 aliphatic heterocycles. The summed E-state index contributed by atoms with van der Waals surface area (Å²) >= 11 is 0. The van der Waals surface area contributed by atoms with Crippen molar-refractivity contribution in [2.75, 3.05) is 6.54 Å². The highest BCUT2D eigenvalue weighted by molar-refractivity contribution is 5.85. The molecule has 122 valence electrons. The van der Waals surface area contributed by atoms with Crippen LogP contribution in [0, 0.1) is 5.41 Å². The van der Waals surface area contributed by atoms with Crippen molar-refractivity contribution in [3.05, 3.63) is 29.8 Å². The molecule has 2 heterocycles. The predicted molar refractivity (Wildman–Crippen MR) is 83.9 cm³/mol. The first kappa shape index (κ1) is 13.8. The summed E-state index contributed by atoms with van der Waals surface area (Å²) in [5.41, 5.74) is -0.731. The van der Waals surface area contributed by atoms with E-state index in [0.717, 1.165) is 17.7 Å². The molecular weight excluding hydrogens is 293 g/mol. The third-order valence-corrected chi connectivity index (χ3v) is 6.61. The van der Waals surface area contributed by atoms with Crippen LogP contribution in [0.25, 0.3) is 0 Å². The topological polar surface area (TPSA) is 29.5 Å². The highest BCUT2D eigenvalue weighted by Gasteiger charge is 2.62. The van der Waals surface area contributed by atoms with Gasteiger partial charge in [0.1, 0.15) is 17.0 Å². The molecule has 23 heavy (non-hydrogen) atoms. The van der Waals surface area contributed by atoms with E-state index in [2.05, 4.69) is 13.0 Å². The molecule has 0 N–H and O–H groups in total. The number of carbonyl (C=O) groups excluding carboxylic acids is 1. The molecule has 2 atom stereocenters. The third kappa shape index (κ3) is 1.78. The number of hydrogen-bond donors (Lipinski definition) is 0. The Morgan fingerprint density at radius 3 is 2.70 bits per heavy atom. The zero-order valence-corrected chi connectivity index (χ0v) is 13.5. The molecule has 3 nitrogen and oxygen atoms in total. The first-order valence-electron chi connectivity index (χ1n) is 8.70. The Hall–Kier alpha value is -1.58. The number of fused-ring (bicyclic) bond motifs is 6. The van der Waals surface area contributed by atoms with Crippen molar-refractivity contribution in [2.45, 2.75) is 62.8 Å². The average molecular weight is 315 g/mol. The second-order valence-corrected chi connectivity index (χ2v) is 8.35. The highest BCUT2D eigenvalue weighted by atomic mass is 19.1. The number of benzene rings is 1. The number of ether oxygens (including phenoxy) is 1. The van der Waals surface area contributed by atoms with Gasteiger partial charge in [-0.1, -0.05) is 18.2 Å². The van der Waals surface area contributed by atoms with Crippen molar-refractivity contribution in [1.29, 1.82) is 0 Å². The van der Waals surface area contributed by atoms with Gasteiger partial charge in [0.15, 0.2) is 0 Å². The van der Waals surface area contributed by atoms with E-state index in [-0.39, 0.29) is 17.6 Å².